The SMILES string of the molecule is Cc1nnc(SCCCN2CCN(c3cc(C4CCC4)nc(C(C)(C)C)n3)CC2)n1C.O=C(O)/C=C/C(=O)O. The Morgan fingerprint density at radius 2 is 1.69 bits per heavy atom. The van der Waals surface area contributed by atoms with Gasteiger partial charge in [-0.3, -0.25) is 4.90 Å². The molecule has 0 aromatic carbocycles. The Bertz CT molecular complexity index is 1130. The van der Waals surface area contributed by atoms with Gasteiger partial charge in [0.15, 0.2) is 5.16 Å². The molecule has 0 amide bonds. The van der Waals surface area contributed by atoms with Crippen LogP contribution < -0.4 is 4.90 Å². The van der Waals surface area contributed by atoms with Crippen molar-refractivity contribution in [1.82, 2.24) is 29.6 Å². The molecule has 0 spiro atoms. The highest BCUT2D eigenvalue weighted by Crippen LogP contribution is 2.37. The van der Waals surface area contributed by atoms with Gasteiger partial charge in [-0.25, -0.2) is 19.6 Å². The second kappa shape index (κ2) is 13.9. The van der Waals surface area contributed by atoms with Gasteiger partial charge in [0, 0.05) is 74.2 Å². The van der Waals surface area contributed by atoms with Gasteiger partial charge in [-0.15, -0.1) is 10.2 Å². The van der Waals surface area contributed by atoms with Gasteiger partial charge in [0.25, 0.3) is 0 Å². The maximum absolute atomic E-state index is 9.55. The van der Waals surface area contributed by atoms with Crippen molar-refractivity contribution in [1.29, 1.82) is 0 Å². The van der Waals surface area contributed by atoms with Crippen molar-refractivity contribution in [2.45, 2.75) is 69.9 Å². The number of anilines is 1. The summed E-state index contributed by atoms with van der Waals surface area (Å²) >= 11 is 1.80. The van der Waals surface area contributed by atoms with E-state index in [4.69, 9.17) is 20.2 Å². The van der Waals surface area contributed by atoms with Gasteiger partial charge in [0.1, 0.15) is 17.5 Å². The van der Waals surface area contributed by atoms with Crippen LogP contribution in [0.4, 0.5) is 5.82 Å². The van der Waals surface area contributed by atoms with Crippen LogP contribution in [0.1, 0.15) is 69.7 Å². The van der Waals surface area contributed by atoms with Crippen molar-refractivity contribution in [2.24, 2.45) is 7.05 Å². The highest BCUT2D eigenvalue weighted by molar-refractivity contribution is 7.99. The molecule has 12 heteroatoms. The van der Waals surface area contributed by atoms with E-state index in [0.29, 0.717) is 18.1 Å². The normalized spacial score (nSPS) is 16.6. The van der Waals surface area contributed by atoms with Crippen LogP contribution in [0.5, 0.6) is 0 Å². The summed E-state index contributed by atoms with van der Waals surface area (Å²) in [4.78, 5) is 34.1. The summed E-state index contributed by atoms with van der Waals surface area (Å²) in [7, 11) is 2.03. The Morgan fingerprint density at radius 3 is 2.18 bits per heavy atom. The fourth-order valence-corrected chi connectivity index (χ4v) is 5.05. The molecule has 11 nitrogen and oxygen atoms in total. The fourth-order valence-electron chi connectivity index (χ4n) is 4.17. The number of hydrogen-bond acceptors (Lipinski definition) is 9. The third-order valence-corrected chi connectivity index (χ3v) is 8.00. The molecule has 2 fully saturated rings. The molecule has 2 aromatic rings. The zero-order valence-corrected chi connectivity index (χ0v) is 24.4. The Kier molecular flexibility index (Phi) is 10.9. The van der Waals surface area contributed by atoms with Gasteiger partial charge >= 0.3 is 11.9 Å². The molecule has 1 aliphatic heterocycles. The van der Waals surface area contributed by atoms with E-state index in [1.807, 2.05) is 14.0 Å². The molecule has 2 aromatic heterocycles. The van der Waals surface area contributed by atoms with Crippen LogP contribution in [0, 0.1) is 6.92 Å². The third-order valence-electron chi connectivity index (χ3n) is 6.89. The van der Waals surface area contributed by atoms with Crippen molar-refractivity contribution in [3.63, 3.8) is 0 Å². The first kappa shape index (κ1) is 30.6. The number of carbonyl (C=O) groups is 2. The highest BCUT2D eigenvalue weighted by Gasteiger charge is 2.27. The number of aliphatic carboxylic acids is 2. The second-order valence-corrected chi connectivity index (χ2v) is 12.0. The van der Waals surface area contributed by atoms with E-state index < -0.39 is 11.9 Å². The van der Waals surface area contributed by atoms with E-state index in [-0.39, 0.29) is 5.41 Å². The second-order valence-electron chi connectivity index (χ2n) is 11.0. The van der Waals surface area contributed by atoms with E-state index in [1.54, 1.807) is 11.8 Å². The average molecular weight is 560 g/mol. The molecule has 0 atom stereocenters. The van der Waals surface area contributed by atoms with Gasteiger partial charge in [-0.2, -0.15) is 0 Å². The van der Waals surface area contributed by atoms with E-state index in [2.05, 4.69) is 51.4 Å². The molecule has 0 radical (unpaired) electrons. The van der Waals surface area contributed by atoms with Crippen molar-refractivity contribution in [2.75, 3.05) is 43.4 Å². The van der Waals surface area contributed by atoms with Crippen molar-refractivity contribution in [3.05, 3.63) is 35.6 Å². The van der Waals surface area contributed by atoms with Gasteiger partial charge in [0.05, 0.1) is 0 Å². The van der Waals surface area contributed by atoms with Crippen molar-refractivity contribution >= 4 is 29.5 Å². The van der Waals surface area contributed by atoms with Crippen LogP contribution >= 0.6 is 11.8 Å². The molecule has 2 aliphatic rings. The predicted molar refractivity (Wildman–Crippen MR) is 151 cm³/mol. The summed E-state index contributed by atoms with van der Waals surface area (Å²) in [5.41, 5.74) is 1.24. The molecule has 0 unspecified atom stereocenters. The number of aryl methyl sites for hydroxylation is 1. The number of hydrogen-bond donors (Lipinski definition) is 2. The highest BCUT2D eigenvalue weighted by atomic mass is 32.2. The predicted octanol–water partition coefficient (Wildman–Crippen LogP) is 3.49. The number of carboxylic acid groups (broad SMARTS) is 2. The number of piperazine rings is 1. The lowest BCUT2D eigenvalue weighted by atomic mass is 9.82. The Hall–Kier alpha value is -2.99. The lowest BCUT2D eigenvalue weighted by molar-refractivity contribution is -0.134. The lowest BCUT2D eigenvalue weighted by Gasteiger charge is -2.36. The molecule has 1 saturated heterocycles. The van der Waals surface area contributed by atoms with Crippen LogP contribution in [0.2, 0.25) is 0 Å². The maximum Gasteiger partial charge on any atom is 0.328 e. The molecule has 0 bridgehead atoms. The molecule has 3 heterocycles. The van der Waals surface area contributed by atoms with E-state index >= 15 is 0 Å². The van der Waals surface area contributed by atoms with Crippen LogP contribution in [-0.4, -0.2) is 90.3 Å². The number of rotatable bonds is 9. The van der Waals surface area contributed by atoms with E-state index in [0.717, 1.165) is 61.1 Å². The van der Waals surface area contributed by atoms with Crippen molar-refractivity contribution < 1.29 is 19.8 Å². The Morgan fingerprint density at radius 1 is 1.05 bits per heavy atom. The summed E-state index contributed by atoms with van der Waals surface area (Å²) in [6.45, 7) is 14.1. The average Bonchev–Trinajstić information content (AvgIpc) is 3.17. The zero-order valence-electron chi connectivity index (χ0n) is 23.6. The van der Waals surface area contributed by atoms with Gasteiger partial charge < -0.3 is 19.7 Å². The minimum Gasteiger partial charge on any atom is -0.478 e. The molecule has 2 N–H and O–H groups in total. The molecule has 1 saturated carbocycles. The van der Waals surface area contributed by atoms with Gasteiger partial charge in [-0.1, -0.05) is 39.0 Å². The van der Waals surface area contributed by atoms with Crippen molar-refractivity contribution in [3.8, 4) is 0 Å². The largest absolute Gasteiger partial charge is 0.478 e. The minimum absolute atomic E-state index is 0.0186. The standard InChI is InChI=1S/C23H37N7S.C4H4O4/c1-17-26-27-22(28(17)5)31-15-7-10-29-11-13-30(14-12-29)20-16-19(18-8-6-9-18)24-21(25-20)23(2,3)4;5-3(6)1-2-4(7)8/h16,18H,6-15H2,1-5H3;1-2H,(H,5,6)(H,7,8)/b;2-1+. The maximum atomic E-state index is 9.55. The molecular weight excluding hydrogens is 518 g/mol. The number of nitrogens with zero attached hydrogens (tertiary/aromatic N) is 7. The van der Waals surface area contributed by atoms with Gasteiger partial charge in [0.2, 0.25) is 0 Å². The van der Waals surface area contributed by atoms with Crippen LogP contribution in [-0.2, 0) is 22.1 Å². The summed E-state index contributed by atoms with van der Waals surface area (Å²) in [6.07, 6.45) is 6.18. The van der Waals surface area contributed by atoms with Crippen LogP contribution in [0.25, 0.3) is 0 Å². The third kappa shape index (κ3) is 9.31. The van der Waals surface area contributed by atoms with E-state index in [9.17, 15) is 9.59 Å². The molecule has 1 aliphatic carbocycles. The quantitative estimate of drug-likeness (QED) is 0.265. The Labute approximate surface area is 234 Å². The van der Waals surface area contributed by atoms with Gasteiger partial charge in [-0.05, 0) is 32.7 Å². The first-order valence-electron chi connectivity index (χ1n) is 13.4. The fraction of sp³-hybridized carbons (Fsp3) is 0.630. The summed E-state index contributed by atoms with van der Waals surface area (Å²) < 4.78 is 2.06. The Balaban J connectivity index is 0.000000459. The monoisotopic (exact) mass is 559 g/mol. The first-order valence-corrected chi connectivity index (χ1v) is 14.4. The first-order chi connectivity index (χ1) is 18.4. The zero-order chi connectivity index (χ0) is 28.6. The molecule has 214 valence electrons. The van der Waals surface area contributed by atoms with E-state index in [1.165, 1.54) is 31.4 Å². The molecule has 4 rings (SSSR count). The summed E-state index contributed by atoms with van der Waals surface area (Å²) in [6, 6.07) is 2.27. The smallest absolute Gasteiger partial charge is 0.328 e. The van der Waals surface area contributed by atoms with Crippen LogP contribution in [0.15, 0.2) is 23.4 Å². The summed E-state index contributed by atoms with van der Waals surface area (Å²) in [5.74, 6) is 2.30. The molecular formula is C27H41N7O4S. The number of aromatic nitrogens is 5. The summed E-state index contributed by atoms with van der Waals surface area (Å²) in [5, 5.41) is 25.0. The topological polar surface area (TPSA) is 138 Å². The lowest BCUT2D eigenvalue weighted by Crippen LogP contribution is -2.47. The molecule has 39 heavy (non-hydrogen) atoms. The van der Waals surface area contributed by atoms with Crippen LogP contribution in [0.3, 0.4) is 0 Å². The number of thioether (sulfide) groups is 1. The number of carboxylic acids is 2. The minimum atomic E-state index is -1.26.